The van der Waals surface area contributed by atoms with E-state index in [1.165, 1.54) is 14.0 Å². The highest BCUT2D eigenvalue weighted by atomic mass is 32.2. The second kappa shape index (κ2) is 9.94. The van der Waals surface area contributed by atoms with Crippen molar-refractivity contribution in [3.05, 3.63) is 0 Å². The fourth-order valence-corrected chi connectivity index (χ4v) is 0. The zero-order valence-corrected chi connectivity index (χ0v) is 6.54. The molecule has 50 valence electrons. The van der Waals surface area contributed by atoms with E-state index < -0.39 is 0 Å². The summed E-state index contributed by atoms with van der Waals surface area (Å²) in [5.74, 6) is -0.245. The lowest BCUT2D eigenvalue weighted by Gasteiger charge is -1.80. The molecule has 0 saturated carbocycles. The van der Waals surface area contributed by atoms with E-state index in [0.717, 1.165) is 0 Å². The molecular weight excluding hydrogens is 124 g/mol. The fourth-order valence-electron chi connectivity index (χ4n) is 0. The Balaban J connectivity index is 0. The topological polar surface area (TPSA) is 26.3 Å². The van der Waals surface area contributed by atoms with Crippen LogP contribution in [0.4, 0.5) is 0 Å². The number of hydrogen-bond acceptors (Lipinski definition) is 3. The molecule has 3 heteroatoms. The van der Waals surface area contributed by atoms with Crippen LogP contribution in [-0.4, -0.2) is 25.6 Å². The van der Waals surface area contributed by atoms with Crippen LogP contribution in [-0.2, 0) is 9.53 Å². The summed E-state index contributed by atoms with van der Waals surface area (Å²) < 4.78 is 4.11. The van der Waals surface area contributed by atoms with Gasteiger partial charge in [0.25, 0.3) is 0 Å². The lowest BCUT2D eigenvalue weighted by Crippen LogP contribution is -1.88. The Morgan fingerprint density at radius 1 is 1.50 bits per heavy atom. The van der Waals surface area contributed by atoms with Crippen molar-refractivity contribution in [3.63, 3.8) is 0 Å². The van der Waals surface area contributed by atoms with Gasteiger partial charge in [-0.25, -0.2) is 0 Å². The molecule has 0 aromatic rings. The van der Waals surface area contributed by atoms with Crippen LogP contribution in [0.3, 0.4) is 0 Å². The standard InChI is InChI=1S/C3H6O2.C2H6S/c1-3(4)5-2;1-3-2/h1-2H3;1-2H3. The van der Waals surface area contributed by atoms with Crippen LogP contribution in [0.15, 0.2) is 0 Å². The van der Waals surface area contributed by atoms with Crippen molar-refractivity contribution >= 4 is 17.7 Å². The smallest absolute Gasteiger partial charge is 0.302 e. The molecule has 8 heavy (non-hydrogen) atoms. The molecule has 0 aliphatic rings. The van der Waals surface area contributed by atoms with Crippen molar-refractivity contribution in [2.24, 2.45) is 0 Å². The summed E-state index contributed by atoms with van der Waals surface area (Å²) in [7, 11) is 1.35. The van der Waals surface area contributed by atoms with Crippen LogP contribution in [0.1, 0.15) is 6.92 Å². The second-order valence-corrected chi connectivity index (χ2v) is 1.92. The molecule has 0 aromatic carbocycles. The third kappa shape index (κ3) is 40.8. The zero-order chi connectivity index (χ0) is 6.99. The van der Waals surface area contributed by atoms with E-state index in [0.29, 0.717) is 0 Å². The van der Waals surface area contributed by atoms with Crippen molar-refractivity contribution in [1.29, 1.82) is 0 Å². The van der Waals surface area contributed by atoms with Gasteiger partial charge in [-0.3, -0.25) is 4.79 Å². The van der Waals surface area contributed by atoms with Gasteiger partial charge in [-0.1, -0.05) is 0 Å². The Bertz CT molecular complexity index is 54.4. The number of rotatable bonds is 0. The van der Waals surface area contributed by atoms with Crippen LogP contribution in [0.2, 0.25) is 0 Å². The van der Waals surface area contributed by atoms with Gasteiger partial charge >= 0.3 is 5.97 Å². The number of ether oxygens (including phenoxy) is 1. The molecule has 0 atom stereocenters. The average Bonchev–Trinajstić information content (AvgIpc) is 1.69. The van der Waals surface area contributed by atoms with Crippen molar-refractivity contribution in [3.8, 4) is 0 Å². The lowest BCUT2D eigenvalue weighted by molar-refractivity contribution is -0.137. The van der Waals surface area contributed by atoms with E-state index in [9.17, 15) is 4.79 Å². The number of carbonyl (C=O) groups is 1. The number of methoxy groups -OCH3 is 1. The van der Waals surface area contributed by atoms with Gasteiger partial charge < -0.3 is 4.74 Å². The van der Waals surface area contributed by atoms with Crippen molar-refractivity contribution in [2.45, 2.75) is 6.92 Å². The molecule has 0 amide bonds. The highest BCUT2D eigenvalue weighted by Gasteiger charge is 1.75. The SMILES string of the molecule is COC(C)=O.CSC. The van der Waals surface area contributed by atoms with E-state index in [2.05, 4.69) is 4.74 Å². The minimum absolute atomic E-state index is 0.245. The molecule has 0 N–H and O–H groups in total. The first-order valence-corrected chi connectivity index (χ1v) is 3.77. The van der Waals surface area contributed by atoms with Crippen molar-refractivity contribution < 1.29 is 9.53 Å². The molecule has 2 nitrogen and oxygen atoms in total. The molecule has 0 radical (unpaired) electrons. The third-order valence-corrected chi connectivity index (χ3v) is 0.287. The van der Waals surface area contributed by atoms with Gasteiger partial charge in [0.1, 0.15) is 0 Å². The molecule has 0 heterocycles. The first-order chi connectivity index (χ1) is 3.68. The first kappa shape index (κ1) is 10.7. The van der Waals surface area contributed by atoms with Gasteiger partial charge in [0, 0.05) is 6.92 Å². The monoisotopic (exact) mass is 136 g/mol. The van der Waals surface area contributed by atoms with Gasteiger partial charge in [0.05, 0.1) is 7.11 Å². The van der Waals surface area contributed by atoms with E-state index >= 15 is 0 Å². The maximum atomic E-state index is 9.59. The molecule has 0 aromatic heterocycles. The summed E-state index contributed by atoms with van der Waals surface area (Å²) in [4.78, 5) is 9.59. The molecule has 0 spiro atoms. The van der Waals surface area contributed by atoms with E-state index in [1.807, 2.05) is 12.5 Å². The third-order valence-electron chi connectivity index (χ3n) is 0.287. The van der Waals surface area contributed by atoms with E-state index in [4.69, 9.17) is 0 Å². The number of carbonyl (C=O) groups excluding carboxylic acids is 1. The van der Waals surface area contributed by atoms with Crippen LogP contribution in [0.5, 0.6) is 0 Å². The summed E-state index contributed by atoms with van der Waals surface area (Å²) in [6.45, 7) is 1.36. The zero-order valence-electron chi connectivity index (χ0n) is 5.72. The molecule has 0 fully saturated rings. The maximum absolute atomic E-state index is 9.59. The normalized spacial score (nSPS) is 6.50. The van der Waals surface area contributed by atoms with Gasteiger partial charge in [0.2, 0.25) is 0 Å². The van der Waals surface area contributed by atoms with Crippen LogP contribution in [0, 0.1) is 0 Å². The van der Waals surface area contributed by atoms with Gasteiger partial charge in [-0.2, -0.15) is 11.8 Å². The maximum Gasteiger partial charge on any atom is 0.302 e. The average molecular weight is 136 g/mol. The minimum atomic E-state index is -0.245. The molecule has 0 saturated heterocycles. The Morgan fingerprint density at radius 3 is 1.62 bits per heavy atom. The summed E-state index contributed by atoms with van der Waals surface area (Å²) in [6.07, 6.45) is 4.08. The quantitative estimate of drug-likeness (QED) is 0.467. The van der Waals surface area contributed by atoms with Gasteiger partial charge in [0.15, 0.2) is 0 Å². The second-order valence-electron chi connectivity index (χ2n) is 1.10. The summed E-state index contributed by atoms with van der Waals surface area (Å²) in [5, 5.41) is 0. The van der Waals surface area contributed by atoms with Gasteiger partial charge in [-0.05, 0) is 12.5 Å². The van der Waals surface area contributed by atoms with Gasteiger partial charge in [-0.15, -0.1) is 0 Å². The van der Waals surface area contributed by atoms with Crippen LogP contribution < -0.4 is 0 Å². The number of hydrogen-bond donors (Lipinski definition) is 0. The molecule has 0 aliphatic carbocycles. The Kier molecular flexibility index (Phi) is 13.3. The van der Waals surface area contributed by atoms with Crippen LogP contribution in [0.25, 0.3) is 0 Å². The van der Waals surface area contributed by atoms with E-state index in [-0.39, 0.29) is 5.97 Å². The van der Waals surface area contributed by atoms with E-state index in [1.54, 1.807) is 11.8 Å². The Labute approximate surface area is 54.6 Å². The molecule has 0 unspecified atom stereocenters. The molecule has 0 aliphatic heterocycles. The summed E-state index contributed by atoms with van der Waals surface area (Å²) in [6, 6.07) is 0. The molecule has 0 rings (SSSR count). The fraction of sp³-hybridized carbons (Fsp3) is 0.800. The summed E-state index contributed by atoms with van der Waals surface area (Å²) in [5.41, 5.74) is 0. The lowest BCUT2D eigenvalue weighted by atomic mass is 10.8. The largest absolute Gasteiger partial charge is 0.469 e. The predicted octanol–water partition coefficient (Wildman–Crippen LogP) is 1.16. The number of thioether (sulfide) groups is 1. The van der Waals surface area contributed by atoms with Crippen molar-refractivity contribution in [2.75, 3.05) is 19.6 Å². The Hall–Kier alpha value is -0.180. The highest BCUT2D eigenvalue weighted by Crippen LogP contribution is 1.70. The van der Waals surface area contributed by atoms with Crippen molar-refractivity contribution in [1.82, 2.24) is 0 Å². The predicted molar refractivity (Wildman–Crippen MR) is 37.1 cm³/mol. The Morgan fingerprint density at radius 2 is 1.62 bits per heavy atom. The summed E-state index contributed by atoms with van der Waals surface area (Å²) >= 11 is 1.75. The minimum Gasteiger partial charge on any atom is -0.469 e. The highest BCUT2D eigenvalue weighted by molar-refractivity contribution is 7.97. The molecule has 0 bridgehead atoms. The van der Waals surface area contributed by atoms with Crippen LogP contribution >= 0.6 is 11.8 Å². The molecular formula is C5H12O2S. The number of esters is 1. The first-order valence-electron chi connectivity index (χ1n) is 2.13.